The Morgan fingerprint density at radius 2 is 2.21 bits per heavy atom. The van der Waals surface area contributed by atoms with Gasteiger partial charge >= 0.3 is 5.97 Å². The van der Waals surface area contributed by atoms with E-state index in [1.807, 2.05) is 0 Å². The van der Waals surface area contributed by atoms with Crippen molar-refractivity contribution in [3.8, 4) is 5.75 Å². The monoisotopic (exact) mass is 212 g/mol. The molecule has 4 heteroatoms. The average Bonchev–Trinajstić information content (AvgIpc) is 2.83. The predicted octanol–water partition coefficient (Wildman–Crippen LogP) is 2.23. The lowest BCUT2D eigenvalue weighted by molar-refractivity contribution is -0.138. The Morgan fingerprint density at radius 1 is 1.50 bits per heavy atom. The average molecular weight is 213 g/mol. The van der Waals surface area contributed by atoms with Gasteiger partial charge in [-0.15, -0.1) is 0 Å². The van der Waals surface area contributed by atoms with Gasteiger partial charge in [0.25, 0.3) is 0 Å². The number of phenols is 1. The van der Waals surface area contributed by atoms with Crippen molar-refractivity contribution in [1.29, 1.82) is 0 Å². The minimum Gasteiger partial charge on any atom is -0.508 e. The molecule has 1 fully saturated rings. The number of halogens is 1. The molecule has 2 N–H and O–H groups in total. The second-order valence-corrected chi connectivity index (χ2v) is 3.87. The van der Waals surface area contributed by atoms with E-state index < -0.39 is 5.97 Å². The van der Waals surface area contributed by atoms with Crippen LogP contribution in [0, 0.1) is 5.92 Å². The van der Waals surface area contributed by atoms with E-state index in [1.54, 1.807) is 12.1 Å². The first kappa shape index (κ1) is 9.34. The quantitative estimate of drug-likeness (QED) is 0.791. The van der Waals surface area contributed by atoms with Gasteiger partial charge in [0.15, 0.2) is 0 Å². The molecule has 1 aromatic rings. The standard InChI is InChI=1S/C10H9ClO3/c11-7-2-1-3-8(12)9(7)5-4-6(5)10(13)14/h1-3,5-6,12H,4H2,(H,13,14). The first-order valence-electron chi connectivity index (χ1n) is 4.31. The number of phenolic OH excluding ortho intramolecular Hbond substituents is 1. The summed E-state index contributed by atoms with van der Waals surface area (Å²) in [5.41, 5.74) is 0.571. The zero-order valence-corrected chi connectivity index (χ0v) is 8.03. The minimum atomic E-state index is -0.825. The zero-order valence-electron chi connectivity index (χ0n) is 7.27. The van der Waals surface area contributed by atoms with E-state index in [4.69, 9.17) is 16.7 Å². The van der Waals surface area contributed by atoms with Crippen LogP contribution in [0.4, 0.5) is 0 Å². The molecule has 0 bridgehead atoms. The van der Waals surface area contributed by atoms with E-state index >= 15 is 0 Å². The first-order chi connectivity index (χ1) is 6.61. The van der Waals surface area contributed by atoms with Crippen molar-refractivity contribution in [2.24, 2.45) is 5.92 Å². The fraction of sp³-hybridized carbons (Fsp3) is 0.300. The largest absolute Gasteiger partial charge is 0.508 e. The maximum Gasteiger partial charge on any atom is 0.307 e. The third-order valence-corrected chi connectivity index (χ3v) is 2.84. The maximum absolute atomic E-state index is 10.6. The number of aliphatic carboxylic acids is 1. The lowest BCUT2D eigenvalue weighted by Crippen LogP contribution is -1.99. The summed E-state index contributed by atoms with van der Waals surface area (Å²) in [4.78, 5) is 10.6. The zero-order chi connectivity index (χ0) is 10.3. The van der Waals surface area contributed by atoms with Gasteiger partial charge in [-0.2, -0.15) is 0 Å². The Hall–Kier alpha value is -1.22. The van der Waals surface area contributed by atoms with Crippen LogP contribution in [-0.2, 0) is 4.79 Å². The van der Waals surface area contributed by atoms with Crippen molar-refractivity contribution < 1.29 is 15.0 Å². The summed E-state index contributed by atoms with van der Waals surface area (Å²) in [6.07, 6.45) is 0.562. The van der Waals surface area contributed by atoms with E-state index in [-0.39, 0.29) is 17.6 Å². The highest BCUT2D eigenvalue weighted by Crippen LogP contribution is 2.52. The van der Waals surface area contributed by atoms with E-state index in [2.05, 4.69) is 0 Å². The number of aromatic hydroxyl groups is 1. The van der Waals surface area contributed by atoms with E-state index in [0.29, 0.717) is 17.0 Å². The third-order valence-electron chi connectivity index (χ3n) is 2.51. The predicted molar refractivity (Wildman–Crippen MR) is 51.6 cm³/mol. The van der Waals surface area contributed by atoms with Crippen LogP contribution in [0.2, 0.25) is 5.02 Å². The number of carbonyl (C=O) groups is 1. The number of carboxylic acids is 1. The molecule has 0 aromatic heterocycles. The Morgan fingerprint density at radius 3 is 2.71 bits per heavy atom. The van der Waals surface area contributed by atoms with Crippen LogP contribution >= 0.6 is 11.6 Å². The fourth-order valence-corrected chi connectivity index (χ4v) is 1.99. The number of carboxylic acid groups (broad SMARTS) is 1. The molecule has 1 aliphatic rings. The topological polar surface area (TPSA) is 57.5 Å². The van der Waals surface area contributed by atoms with Crippen LogP contribution < -0.4 is 0 Å². The molecule has 0 spiro atoms. The number of rotatable bonds is 2. The molecule has 0 heterocycles. The summed E-state index contributed by atoms with van der Waals surface area (Å²) >= 11 is 5.88. The van der Waals surface area contributed by atoms with Crippen molar-refractivity contribution in [2.75, 3.05) is 0 Å². The van der Waals surface area contributed by atoms with E-state index in [9.17, 15) is 9.90 Å². The Kier molecular flexibility index (Phi) is 2.11. The molecule has 1 aromatic carbocycles. The molecule has 0 radical (unpaired) electrons. The lowest BCUT2D eigenvalue weighted by Gasteiger charge is -2.04. The van der Waals surface area contributed by atoms with Crippen molar-refractivity contribution in [3.05, 3.63) is 28.8 Å². The van der Waals surface area contributed by atoms with Gasteiger partial charge < -0.3 is 10.2 Å². The van der Waals surface area contributed by atoms with Crippen molar-refractivity contribution in [3.63, 3.8) is 0 Å². The molecule has 0 aliphatic heterocycles. The Bertz CT molecular complexity index is 369. The summed E-state index contributed by atoms with van der Waals surface area (Å²) in [5.74, 6) is -1.25. The Balaban J connectivity index is 2.31. The van der Waals surface area contributed by atoms with Crippen LogP contribution in [0.15, 0.2) is 18.2 Å². The van der Waals surface area contributed by atoms with Gasteiger partial charge in [0.2, 0.25) is 0 Å². The summed E-state index contributed by atoms with van der Waals surface area (Å²) < 4.78 is 0. The van der Waals surface area contributed by atoms with Crippen molar-refractivity contribution in [1.82, 2.24) is 0 Å². The van der Waals surface area contributed by atoms with Gasteiger partial charge in [-0.3, -0.25) is 4.79 Å². The van der Waals surface area contributed by atoms with E-state index in [1.165, 1.54) is 6.07 Å². The molecule has 1 saturated carbocycles. The summed E-state index contributed by atoms with van der Waals surface area (Å²) in [7, 11) is 0. The minimum absolute atomic E-state index is 0.0891. The van der Waals surface area contributed by atoms with Gasteiger partial charge in [-0.05, 0) is 18.6 Å². The molecule has 3 nitrogen and oxygen atoms in total. The second-order valence-electron chi connectivity index (χ2n) is 3.46. The first-order valence-corrected chi connectivity index (χ1v) is 4.69. The van der Waals surface area contributed by atoms with Gasteiger partial charge in [0.1, 0.15) is 5.75 Å². The van der Waals surface area contributed by atoms with Gasteiger partial charge in [0.05, 0.1) is 5.92 Å². The summed E-state index contributed by atoms with van der Waals surface area (Å²) in [6, 6.07) is 4.83. The molecular weight excluding hydrogens is 204 g/mol. The molecule has 2 unspecified atom stereocenters. The molecule has 14 heavy (non-hydrogen) atoms. The van der Waals surface area contributed by atoms with Crippen molar-refractivity contribution >= 4 is 17.6 Å². The van der Waals surface area contributed by atoms with Gasteiger partial charge in [0, 0.05) is 16.5 Å². The summed E-state index contributed by atoms with van der Waals surface area (Å²) in [6.45, 7) is 0. The molecular formula is C10H9ClO3. The maximum atomic E-state index is 10.6. The molecule has 74 valence electrons. The second kappa shape index (κ2) is 3.17. The molecule has 2 rings (SSSR count). The van der Waals surface area contributed by atoms with Crippen LogP contribution in [-0.4, -0.2) is 16.2 Å². The van der Waals surface area contributed by atoms with Crippen LogP contribution in [0.1, 0.15) is 17.9 Å². The molecule has 1 aliphatic carbocycles. The fourth-order valence-electron chi connectivity index (χ4n) is 1.68. The molecule has 0 saturated heterocycles. The third kappa shape index (κ3) is 1.44. The van der Waals surface area contributed by atoms with Crippen LogP contribution in [0.25, 0.3) is 0 Å². The highest BCUT2D eigenvalue weighted by atomic mass is 35.5. The number of hydrogen-bond acceptors (Lipinski definition) is 2. The molecule has 2 atom stereocenters. The van der Waals surface area contributed by atoms with Gasteiger partial charge in [-0.1, -0.05) is 17.7 Å². The SMILES string of the molecule is O=C(O)C1CC1c1c(O)cccc1Cl. The molecule has 0 amide bonds. The summed E-state index contributed by atoms with van der Waals surface area (Å²) in [5, 5.41) is 18.7. The van der Waals surface area contributed by atoms with Crippen LogP contribution in [0.5, 0.6) is 5.75 Å². The Labute approximate surface area is 85.9 Å². The van der Waals surface area contributed by atoms with E-state index in [0.717, 1.165) is 0 Å². The van der Waals surface area contributed by atoms with Gasteiger partial charge in [-0.25, -0.2) is 0 Å². The highest BCUT2D eigenvalue weighted by molar-refractivity contribution is 6.31. The number of hydrogen-bond donors (Lipinski definition) is 2. The lowest BCUT2D eigenvalue weighted by atomic mass is 10.1. The van der Waals surface area contributed by atoms with Crippen molar-refractivity contribution in [2.45, 2.75) is 12.3 Å². The highest BCUT2D eigenvalue weighted by Gasteiger charge is 2.46. The normalized spacial score (nSPS) is 24.6. The van der Waals surface area contributed by atoms with Crippen LogP contribution in [0.3, 0.4) is 0 Å². The smallest absolute Gasteiger partial charge is 0.307 e. The number of benzene rings is 1.